The minimum atomic E-state index is 0.607. The lowest BCUT2D eigenvalue weighted by Crippen LogP contribution is -2.20. The van der Waals surface area contributed by atoms with E-state index in [1.54, 1.807) is 12.5 Å². The van der Waals surface area contributed by atoms with Crippen molar-refractivity contribution in [3.8, 4) is 28.5 Å². The normalized spacial score (nSPS) is 14.2. The van der Waals surface area contributed by atoms with Gasteiger partial charge in [0.1, 0.15) is 11.0 Å². The Bertz CT molecular complexity index is 1740. The molecule has 6 heterocycles. The van der Waals surface area contributed by atoms with E-state index in [0.717, 1.165) is 63.8 Å². The van der Waals surface area contributed by atoms with E-state index in [9.17, 15) is 0 Å². The van der Waals surface area contributed by atoms with Crippen LogP contribution in [0.1, 0.15) is 36.9 Å². The van der Waals surface area contributed by atoms with Gasteiger partial charge in [-0.3, -0.25) is 10.1 Å². The Morgan fingerprint density at radius 1 is 1.05 bits per heavy atom. The second kappa shape index (κ2) is 9.46. The molecule has 0 amide bonds. The summed E-state index contributed by atoms with van der Waals surface area (Å²) in [5.41, 5.74) is 8.45. The van der Waals surface area contributed by atoms with Crippen molar-refractivity contribution < 1.29 is 0 Å². The van der Waals surface area contributed by atoms with Crippen molar-refractivity contribution in [3.63, 3.8) is 0 Å². The van der Waals surface area contributed by atoms with Gasteiger partial charge in [-0.2, -0.15) is 5.10 Å². The van der Waals surface area contributed by atoms with Crippen molar-refractivity contribution in [2.75, 3.05) is 6.54 Å². The zero-order chi connectivity index (χ0) is 25.5. The van der Waals surface area contributed by atoms with Gasteiger partial charge < -0.3 is 14.9 Å². The summed E-state index contributed by atoms with van der Waals surface area (Å²) in [6.07, 6.45) is 14.7. The molecule has 0 atom stereocenters. The standard InChI is InChI=1S/C28H28N10/c1-17-15-38(16-32-17)23-8-9-31-27-25(23)34-28(35-27)26-24-22(36-37-26)7-6-21(33-24)20-10-19(13-30-14-20)12-29-11-18-4-2-3-5-18/h6-10,13-16,18,29H,2-5,11-12H2,1H3,(H,36,37)(H,31,34,35). The topological polar surface area (TPSA) is 126 Å². The van der Waals surface area contributed by atoms with Gasteiger partial charge in [0.05, 0.1) is 28.9 Å². The molecule has 1 aliphatic rings. The summed E-state index contributed by atoms with van der Waals surface area (Å²) in [4.78, 5) is 26.5. The van der Waals surface area contributed by atoms with Crippen molar-refractivity contribution in [2.24, 2.45) is 5.92 Å². The lowest BCUT2D eigenvalue weighted by molar-refractivity contribution is 0.489. The number of H-pyrrole nitrogens is 2. The molecule has 1 fully saturated rings. The second-order valence-corrected chi connectivity index (χ2v) is 10.1. The van der Waals surface area contributed by atoms with E-state index in [-0.39, 0.29) is 0 Å². The number of fused-ring (bicyclic) bond motifs is 2. The summed E-state index contributed by atoms with van der Waals surface area (Å²) >= 11 is 0. The number of rotatable bonds is 7. The van der Waals surface area contributed by atoms with Gasteiger partial charge in [0, 0.05) is 36.9 Å². The minimum absolute atomic E-state index is 0.607. The zero-order valence-electron chi connectivity index (χ0n) is 21.1. The molecule has 0 spiro atoms. The smallest absolute Gasteiger partial charge is 0.162 e. The van der Waals surface area contributed by atoms with Crippen LogP contribution < -0.4 is 5.32 Å². The first-order valence-corrected chi connectivity index (χ1v) is 13.1. The summed E-state index contributed by atoms with van der Waals surface area (Å²) in [6.45, 7) is 3.84. The molecular weight excluding hydrogens is 476 g/mol. The highest BCUT2D eigenvalue weighted by Crippen LogP contribution is 2.29. The monoisotopic (exact) mass is 504 g/mol. The van der Waals surface area contributed by atoms with Crippen molar-refractivity contribution in [3.05, 3.63) is 66.6 Å². The first kappa shape index (κ1) is 22.7. The molecule has 7 rings (SSSR count). The number of aromatic nitrogens is 9. The lowest BCUT2D eigenvalue weighted by atomic mass is 10.1. The van der Waals surface area contributed by atoms with Crippen molar-refractivity contribution >= 4 is 22.2 Å². The molecule has 38 heavy (non-hydrogen) atoms. The van der Waals surface area contributed by atoms with E-state index in [1.807, 2.05) is 48.3 Å². The Balaban J connectivity index is 1.20. The first-order chi connectivity index (χ1) is 18.7. The van der Waals surface area contributed by atoms with E-state index >= 15 is 0 Å². The van der Waals surface area contributed by atoms with Gasteiger partial charge in [0.25, 0.3) is 0 Å². The van der Waals surface area contributed by atoms with Crippen LogP contribution in [0.5, 0.6) is 0 Å². The van der Waals surface area contributed by atoms with Crippen molar-refractivity contribution in [1.29, 1.82) is 0 Å². The maximum absolute atomic E-state index is 4.97. The third kappa shape index (κ3) is 4.22. The summed E-state index contributed by atoms with van der Waals surface area (Å²) in [6, 6.07) is 8.08. The van der Waals surface area contributed by atoms with Crippen molar-refractivity contribution in [2.45, 2.75) is 39.2 Å². The van der Waals surface area contributed by atoms with Crippen LogP contribution in [-0.4, -0.2) is 51.2 Å². The van der Waals surface area contributed by atoms with E-state index < -0.39 is 0 Å². The van der Waals surface area contributed by atoms with Crippen LogP contribution in [0.4, 0.5) is 0 Å². The summed E-state index contributed by atoms with van der Waals surface area (Å²) in [5.74, 6) is 1.42. The molecule has 0 aliphatic heterocycles. The lowest BCUT2D eigenvalue weighted by Gasteiger charge is -2.11. The number of hydrogen-bond acceptors (Lipinski definition) is 7. The molecule has 0 bridgehead atoms. The van der Waals surface area contributed by atoms with Crippen LogP contribution in [0.2, 0.25) is 0 Å². The Morgan fingerprint density at radius 2 is 1.97 bits per heavy atom. The molecule has 0 saturated heterocycles. The fraction of sp³-hybridized carbons (Fsp3) is 0.286. The molecule has 10 heteroatoms. The maximum atomic E-state index is 4.97. The Kier molecular flexibility index (Phi) is 5.66. The Hall–Kier alpha value is -4.44. The molecule has 0 unspecified atom stereocenters. The Morgan fingerprint density at radius 3 is 2.84 bits per heavy atom. The van der Waals surface area contributed by atoms with Gasteiger partial charge in [0.15, 0.2) is 17.2 Å². The SMILES string of the molecule is Cc1cn(-c2ccnc3[nH]c(-c4n[nH]c5ccc(-c6cncc(CNCC7CCCC7)c6)nc45)nc23)cn1. The largest absolute Gasteiger partial charge is 0.321 e. The molecule has 3 N–H and O–H groups in total. The minimum Gasteiger partial charge on any atom is -0.321 e. The van der Waals surface area contributed by atoms with E-state index in [4.69, 9.17) is 9.97 Å². The third-order valence-corrected chi connectivity index (χ3v) is 7.31. The third-order valence-electron chi connectivity index (χ3n) is 7.31. The highest BCUT2D eigenvalue weighted by Gasteiger charge is 2.18. The van der Waals surface area contributed by atoms with Crippen LogP contribution >= 0.6 is 0 Å². The number of nitrogens with zero attached hydrogens (tertiary/aromatic N) is 7. The predicted molar refractivity (Wildman–Crippen MR) is 146 cm³/mol. The van der Waals surface area contributed by atoms with Gasteiger partial charge in [-0.15, -0.1) is 0 Å². The number of nitrogens with one attached hydrogen (secondary N) is 3. The average molecular weight is 505 g/mol. The highest BCUT2D eigenvalue weighted by molar-refractivity contribution is 5.92. The number of imidazole rings is 2. The predicted octanol–water partition coefficient (Wildman–Crippen LogP) is 4.73. The second-order valence-electron chi connectivity index (χ2n) is 10.1. The molecule has 1 saturated carbocycles. The summed E-state index contributed by atoms with van der Waals surface area (Å²) in [7, 11) is 0. The van der Waals surface area contributed by atoms with E-state index in [2.05, 4.69) is 41.5 Å². The first-order valence-electron chi connectivity index (χ1n) is 13.1. The van der Waals surface area contributed by atoms with Crippen LogP contribution in [0.3, 0.4) is 0 Å². The van der Waals surface area contributed by atoms with Crippen LogP contribution in [0.15, 0.2) is 55.4 Å². The average Bonchev–Trinajstić information content (AvgIpc) is 3.74. The number of aromatic amines is 2. The maximum Gasteiger partial charge on any atom is 0.162 e. The fourth-order valence-electron chi connectivity index (χ4n) is 5.36. The van der Waals surface area contributed by atoms with Gasteiger partial charge in [-0.05, 0) is 62.1 Å². The zero-order valence-corrected chi connectivity index (χ0v) is 21.1. The molecule has 6 aromatic rings. The molecule has 190 valence electrons. The van der Waals surface area contributed by atoms with Crippen LogP contribution in [0.25, 0.3) is 50.7 Å². The van der Waals surface area contributed by atoms with Crippen LogP contribution in [0, 0.1) is 12.8 Å². The number of pyridine rings is 3. The van der Waals surface area contributed by atoms with E-state index in [1.165, 1.54) is 25.7 Å². The molecule has 10 nitrogen and oxygen atoms in total. The molecular formula is C28H28N10. The van der Waals surface area contributed by atoms with Gasteiger partial charge in [-0.1, -0.05) is 12.8 Å². The molecule has 0 radical (unpaired) electrons. The quantitative estimate of drug-likeness (QED) is 0.287. The highest BCUT2D eigenvalue weighted by atomic mass is 15.2. The van der Waals surface area contributed by atoms with Gasteiger partial charge in [-0.25, -0.2) is 19.9 Å². The molecule has 0 aromatic carbocycles. The van der Waals surface area contributed by atoms with E-state index in [0.29, 0.717) is 17.2 Å². The fourth-order valence-corrected chi connectivity index (χ4v) is 5.36. The molecule has 6 aromatic heterocycles. The summed E-state index contributed by atoms with van der Waals surface area (Å²) < 4.78 is 1.95. The molecule has 1 aliphatic carbocycles. The Labute approximate surface area is 219 Å². The van der Waals surface area contributed by atoms with Crippen molar-refractivity contribution in [1.82, 2.24) is 50.0 Å². The van der Waals surface area contributed by atoms with Crippen LogP contribution in [-0.2, 0) is 6.54 Å². The van der Waals surface area contributed by atoms with Gasteiger partial charge >= 0.3 is 0 Å². The number of hydrogen-bond donors (Lipinski definition) is 3. The van der Waals surface area contributed by atoms with Gasteiger partial charge in [0.2, 0.25) is 0 Å². The number of aryl methyl sites for hydroxylation is 1. The summed E-state index contributed by atoms with van der Waals surface area (Å²) in [5, 5.41) is 11.2.